The molecule has 0 aromatic carbocycles. The summed E-state index contributed by atoms with van der Waals surface area (Å²) in [6, 6.07) is 0. The molecule has 3 N–H and O–H groups in total. The van der Waals surface area contributed by atoms with Crippen molar-refractivity contribution in [3.05, 3.63) is 0 Å². The number of carboxylic acids is 1. The minimum absolute atomic E-state index is 0.0116. The molecule has 112 valence electrons. The lowest BCUT2D eigenvalue weighted by atomic mass is 9.96. The molecule has 0 fully saturated rings. The molecule has 5 heteroatoms. The molecule has 0 rings (SSSR count). The summed E-state index contributed by atoms with van der Waals surface area (Å²) in [4.78, 5) is 22.4. The van der Waals surface area contributed by atoms with Gasteiger partial charge >= 0.3 is 5.97 Å². The summed E-state index contributed by atoms with van der Waals surface area (Å²) in [6.07, 6.45) is 2.66. The van der Waals surface area contributed by atoms with Crippen molar-refractivity contribution >= 4 is 11.9 Å². The van der Waals surface area contributed by atoms with Crippen molar-refractivity contribution in [1.82, 2.24) is 10.6 Å². The molecule has 0 radical (unpaired) electrons. The highest BCUT2D eigenvalue weighted by molar-refractivity contribution is 5.85. The Morgan fingerprint density at radius 2 is 1.84 bits per heavy atom. The summed E-state index contributed by atoms with van der Waals surface area (Å²) in [7, 11) is 0. The quantitative estimate of drug-likeness (QED) is 0.566. The summed E-state index contributed by atoms with van der Waals surface area (Å²) in [6.45, 7) is 9.08. The minimum atomic E-state index is -0.754. The molecule has 1 atom stereocenters. The normalized spacial score (nSPS) is 13.1. The van der Waals surface area contributed by atoms with Gasteiger partial charge < -0.3 is 15.7 Å². The number of aliphatic carboxylic acids is 1. The second-order valence-electron chi connectivity index (χ2n) is 5.41. The Bertz CT molecular complexity index is 290. The van der Waals surface area contributed by atoms with Gasteiger partial charge in [-0.25, -0.2) is 0 Å². The molecule has 0 spiro atoms. The van der Waals surface area contributed by atoms with E-state index in [2.05, 4.69) is 17.6 Å². The van der Waals surface area contributed by atoms with E-state index >= 15 is 0 Å². The maximum Gasteiger partial charge on any atom is 0.303 e. The predicted octanol–water partition coefficient (Wildman–Crippen LogP) is 1.77. The molecule has 0 saturated heterocycles. The number of carbonyl (C=O) groups excluding carboxylic acids is 1. The fourth-order valence-electron chi connectivity index (χ4n) is 2.01. The molecule has 19 heavy (non-hydrogen) atoms. The molecular formula is C14H28N2O3. The van der Waals surface area contributed by atoms with Crippen LogP contribution in [0.3, 0.4) is 0 Å². The highest BCUT2D eigenvalue weighted by Gasteiger charge is 2.25. The zero-order valence-corrected chi connectivity index (χ0v) is 12.6. The third-order valence-electron chi connectivity index (χ3n) is 3.37. The average Bonchev–Trinajstić information content (AvgIpc) is 2.32. The standard InChI is InChI=1S/C14H28N2O3/c1-5-11(7-8-12(17)18)9-10-15-13(19)14(3,4)16-6-2/h11,16H,5-10H2,1-4H3,(H,15,19)(H,17,18). The Morgan fingerprint density at radius 1 is 1.21 bits per heavy atom. The predicted molar refractivity (Wildman–Crippen MR) is 76.0 cm³/mol. The van der Waals surface area contributed by atoms with Crippen LogP contribution in [0.4, 0.5) is 0 Å². The van der Waals surface area contributed by atoms with Crippen LogP contribution in [0.1, 0.15) is 53.4 Å². The summed E-state index contributed by atoms with van der Waals surface area (Å²) in [5.41, 5.74) is -0.558. The van der Waals surface area contributed by atoms with Gasteiger partial charge in [0, 0.05) is 13.0 Å². The van der Waals surface area contributed by atoms with E-state index in [9.17, 15) is 9.59 Å². The number of hydrogen-bond donors (Lipinski definition) is 3. The van der Waals surface area contributed by atoms with Crippen molar-refractivity contribution in [3.63, 3.8) is 0 Å². The van der Waals surface area contributed by atoms with Gasteiger partial charge in [0.25, 0.3) is 0 Å². The number of carboxylic acid groups (broad SMARTS) is 1. The van der Waals surface area contributed by atoms with Crippen LogP contribution in [0.2, 0.25) is 0 Å². The number of hydrogen-bond acceptors (Lipinski definition) is 3. The second kappa shape index (κ2) is 8.91. The first-order valence-corrected chi connectivity index (χ1v) is 7.08. The number of carbonyl (C=O) groups is 2. The first-order valence-electron chi connectivity index (χ1n) is 7.08. The maximum atomic E-state index is 11.9. The molecular weight excluding hydrogens is 244 g/mol. The molecule has 1 unspecified atom stereocenters. The van der Waals surface area contributed by atoms with E-state index in [-0.39, 0.29) is 12.3 Å². The monoisotopic (exact) mass is 272 g/mol. The fourth-order valence-corrected chi connectivity index (χ4v) is 2.01. The highest BCUT2D eigenvalue weighted by atomic mass is 16.4. The number of nitrogens with one attached hydrogen (secondary N) is 2. The Morgan fingerprint density at radius 3 is 2.32 bits per heavy atom. The fraction of sp³-hybridized carbons (Fsp3) is 0.857. The van der Waals surface area contributed by atoms with E-state index in [1.807, 2.05) is 20.8 Å². The molecule has 5 nitrogen and oxygen atoms in total. The average molecular weight is 272 g/mol. The SMILES string of the molecule is CCNC(C)(C)C(=O)NCCC(CC)CCC(=O)O. The lowest BCUT2D eigenvalue weighted by Gasteiger charge is -2.25. The number of likely N-dealkylation sites (N-methyl/N-ethyl adjacent to an activating group) is 1. The van der Waals surface area contributed by atoms with E-state index in [0.29, 0.717) is 18.9 Å². The summed E-state index contributed by atoms with van der Waals surface area (Å²) >= 11 is 0. The van der Waals surface area contributed by atoms with Crippen LogP contribution < -0.4 is 10.6 Å². The lowest BCUT2D eigenvalue weighted by molar-refractivity contribution is -0.137. The Hall–Kier alpha value is -1.10. The van der Waals surface area contributed by atoms with Gasteiger partial charge in [-0.1, -0.05) is 20.3 Å². The largest absolute Gasteiger partial charge is 0.481 e. The van der Waals surface area contributed by atoms with Crippen LogP contribution in [0.15, 0.2) is 0 Å². The van der Waals surface area contributed by atoms with Crippen molar-refractivity contribution in [2.75, 3.05) is 13.1 Å². The Balaban J connectivity index is 3.99. The Labute approximate surface area is 116 Å². The van der Waals surface area contributed by atoms with E-state index in [0.717, 1.165) is 19.4 Å². The zero-order valence-electron chi connectivity index (χ0n) is 12.6. The lowest BCUT2D eigenvalue weighted by Crippen LogP contribution is -2.52. The van der Waals surface area contributed by atoms with Gasteiger partial charge in [0.1, 0.15) is 0 Å². The molecule has 0 bridgehead atoms. The smallest absolute Gasteiger partial charge is 0.303 e. The molecule has 0 aliphatic rings. The third kappa shape index (κ3) is 7.82. The van der Waals surface area contributed by atoms with Crippen molar-refractivity contribution < 1.29 is 14.7 Å². The van der Waals surface area contributed by atoms with Crippen LogP contribution in [0.25, 0.3) is 0 Å². The molecule has 0 aromatic heterocycles. The van der Waals surface area contributed by atoms with Gasteiger partial charge in [0.15, 0.2) is 0 Å². The van der Waals surface area contributed by atoms with E-state index in [4.69, 9.17) is 5.11 Å². The summed E-state index contributed by atoms with van der Waals surface area (Å²) in [5.74, 6) is -0.406. The van der Waals surface area contributed by atoms with Crippen molar-refractivity contribution in [1.29, 1.82) is 0 Å². The Kier molecular flexibility index (Phi) is 8.39. The summed E-state index contributed by atoms with van der Waals surface area (Å²) < 4.78 is 0. The molecule has 0 aliphatic heterocycles. The van der Waals surface area contributed by atoms with Gasteiger partial charge in [0.05, 0.1) is 5.54 Å². The number of rotatable bonds is 10. The van der Waals surface area contributed by atoms with Gasteiger partial charge in [-0.05, 0) is 39.2 Å². The number of amides is 1. The van der Waals surface area contributed by atoms with Crippen LogP contribution in [0, 0.1) is 5.92 Å². The first kappa shape index (κ1) is 17.9. The van der Waals surface area contributed by atoms with Gasteiger partial charge in [-0.2, -0.15) is 0 Å². The molecule has 0 aromatic rings. The topological polar surface area (TPSA) is 78.4 Å². The van der Waals surface area contributed by atoms with Gasteiger partial charge in [-0.15, -0.1) is 0 Å². The maximum absolute atomic E-state index is 11.9. The zero-order chi connectivity index (χ0) is 14.9. The van der Waals surface area contributed by atoms with Crippen LogP contribution >= 0.6 is 0 Å². The highest BCUT2D eigenvalue weighted by Crippen LogP contribution is 2.14. The third-order valence-corrected chi connectivity index (χ3v) is 3.37. The van der Waals surface area contributed by atoms with Crippen LogP contribution in [-0.4, -0.2) is 35.6 Å². The summed E-state index contributed by atoms with van der Waals surface area (Å²) in [5, 5.41) is 14.7. The van der Waals surface area contributed by atoms with Crippen molar-refractivity contribution in [2.45, 2.75) is 58.9 Å². The van der Waals surface area contributed by atoms with Crippen LogP contribution in [-0.2, 0) is 9.59 Å². The molecule has 0 heterocycles. The molecule has 1 amide bonds. The van der Waals surface area contributed by atoms with Crippen molar-refractivity contribution in [3.8, 4) is 0 Å². The molecule has 0 saturated carbocycles. The molecule has 0 aliphatic carbocycles. The van der Waals surface area contributed by atoms with Gasteiger partial charge in [-0.3, -0.25) is 9.59 Å². The van der Waals surface area contributed by atoms with E-state index in [1.54, 1.807) is 0 Å². The van der Waals surface area contributed by atoms with Crippen LogP contribution in [0.5, 0.6) is 0 Å². The van der Waals surface area contributed by atoms with Crippen molar-refractivity contribution in [2.24, 2.45) is 5.92 Å². The second-order valence-corrected chi connectivity index (χ2v) is 5.41. The van der Waals surface area contributed by atoms with E-state index in [1.165, 1.54) is 0 Å². The first-order chi connectivity index (χ1) is 8.83. The minimum Gasteiger partial charge on any atom is -0.481 e. The van der Waals surface area contributed by atoms with E-state index < -0.39 is 11.5 Å². The van der Waals surface area contributed by atoms with Gasteiger partial charge in [0.2, 0.25) is 5.91 Å².